The van der Waals surface area contributed by atoms with Gasteiger partial charge in [-0.3, -0.25) is 0 Å². The van der Waals surface area contributed by atoms with Gasteiger partial charge in [-0.15, -0.1) is 0 Å². The smallest absolute Gasteiger partial charge is 0.179 e. The Bertz CT molecular complexity index is 522. The second-order valence-corrected chi connectivity index (χ2v) is 8.34. The van der Waals surface area contributed by atoms with Crippen molar-refractivity contribution in [2.24, 2.45) is 5.41 Å². The summed E-state index contributed by atoms with van der Waals surface area (Å²) in [7, 11) is -3.31. The predicted molar refractivity (Wildman–Crippen MR) is 89.5 cm³/mol. The molecule has 0 amide bonds. The van der Waals surface area contributed by atoms with E-state index in [1.807, 2.05) is 0 Å². The number of halogens is 2. The van der Waals surface area contributed by atoms with Crippen LogP contribution >= 0.6 is 27.5 Å². The topological polar surface area (TPSA) is 34.1 Å². The van der Waals surface area contributed by atoms with Gasteiger partial charge in [0.1, 0.15) is 0 Å². The zero-order valence-corrected chi connectivity index (χ0v) is 15.2. The molecule has 0 radical (unpaired) electrons. The van der Waals surface area contributed by atoms with E-state index >= 15 is 0 Å². The molecular weight excluding hydrogens is 360 g/mol. The van der Waals surface area contributed by atoms with E-state index in [4.69, 9.17) is 11.6 Å². The SMILES string of the molecule is CCCC(CBr)(CCC)CS(=O)(=O)c1cccc(Cl)c1. The van der Waals surface area contributed by atoms with Crippen molar-refractivity contribution >= 4 is 37.4 Å². The molecule has 114 valence electrons. The lowest BCUT2D eigenvalue weighted by Crippen LogP contribution is -2.32. The van der Waals surface area contributed by atoms with E-state index in [2.05, 4.69) is 29.8 Å². The highest BCUT2D eigenvalue weighted by molar-refractivity contribution is 9.09. The minimum absolute atomic E-state index is 0.174. The van der Waals surface area contributed by atoms with Crippen LogP contribution < -0.4 is 0 Å². The van der Waals surface area contributed by atoms with Gasteiger partial charge in [0.2, 0.25) is 0 Å². The molecule has 1 rings (SSSR count). The van der Waals surface area contributed by atoms with Crippen molar-refractivity contribution in [2.45, 2.75) is 44.4 Å². The molecule has 2 nitrogen and oxygen atoms in total. The summed E-state index contributed by atoms with van der Waals surface area (Å²) in [4.78, 5) is 0.322. The Hall–Kier alpha value is -0.0600. The van der Waals surface area contributed by atoms with Gasteiger partial charge in [0, 0.05) is 10.4 Å². The summed E-state index contributed by atoms with van der Waals surface area (Å²) in [6.07, 6.45) is 3.78. The fourth-order valence-electron chi connectivity index (χ4n) is 2.65. The molecule has 5 heteroatoms. The molecule has 1 aromatic rings. The molecule has 0 bridgehead atoms. The van der Waals surface area contributed by atoms with Crippen molar-refractivity contribution in [3.63, 3.8) is 0 Å². The number of rotatable bonds is 8. The number of hydrogen-bond donors (Lipinski definition) is 0. The molecule has 0 heterocycles. The maximum atomic E-state index is 12.6. The largest absolute Gasteiger partial charge is 0.224 e. The summed E-state index contributed by atoms with van der Waals surface area (Å²) in [5, 5.41) is 1.17. The Balaban J connectivity index is 3.08. The lowest BCUT2D eigenvalue weighted by molar-refractivity contribution is 0.314. The maximum Gasteiger partial charge on any atom is 0.179 e. The van der Waals surface area contributed by atoms with E-state index in [1.54, 1.807) is 18.2 Å². The first-order valence-electron chi connectivity index (χ1n) is 6.93. The van der Waals surface area contributed by atoms with Crippen molar-refractivity contribution in [3.05, 3.63) is 29.3 Å². The highest BCUT2D eigenvalue weighted by Gasteiger charge is 2.33. The van der Waals surface area contributed by atoms with Gasteiger partial charge >= 0.3 is 0 Å². The average Bonchev–Trinajstić information content (AvgIpc) is 2.39. The third-order valence-corrected chi connectivity index (χ3v) is 6.88. The van der Waals surface area contributed by atoms with Crippen LogP contribution in [0.25, 0.3) is 0 Å². The standard InChI is InChI=1S/C15H22BrClO2S/c1-3-8-15(11-16,9-4-2)12-20(18,19)14-7-5-6-13(17)10-14/h5-7,10H,3-4,8-9,11-12H2,1-2H3. The van der Waals surface area contributed by atoms with Crippen molar-refractivity contribution in [2.75, 3.05) is 11.1 Å². The Morgan fingerprint density at radius 1 is 1.20 bits per heavy atom. The third kappa shape index (κ3) is 4.74. The Labute approximate surface area is 136 Å². The fraction of sp³-hybridized carbons (Fsp3) is 0.600. The molecule has 0 aliphatic heterocycles. The summed E-state index contributed by atoms with van der Waals surface area (Å²) in [6.45, 7) is 4.19. The summed E-state index contributed by atoms with van der Waals surface area (Å²) in [5.74, 6) is 0.174. The molecule has 0 atom stereocenters. The Kier molecular flexibility index (Phi) is 7.02. The molecular formula is C15H22BrClO2S. The third-order valence-electron chi connectivity index (χ3n) is 3.50. The van der Waals surface area contributed by atoms with Gasteiger partial charge in [-0.2, -0.15) is 0 Å². The monoisotopic (exact) mass is 380 g/mol. The first-order chi connectivity index (χ1) is 9.39. The minimum Gasteiger partial charge on any atom is -0.224 e. The minimum atomic E-state index is -3.31. The van der Waals surface area contributed by atoms with Gasteiger partial charge in [0.05, 0.1) is 10.6 Å². The van der Waals surface area contributed by atoms with E-state index in [0.29, 0.717) is 15.2 Å². The Morgan fingerprint density at radius 3 is 2.25 bits per heavy atom. The summed E-state index contributed by atoms with van der Waals surface area (Å²) in [5.41, 5.74) is -0.190. The van der Waals surface area contributed by atoms with Gasteiger partial charge in [-0.25, -0.2) is 8.42 Å². The van der Waals surface area contributed by atoms with Gasteiger partial charge in [0.15, 0.2) is 9.84 Å². The van der Waals surface area contributed by atoms with Crippen LogP contribution in [-0.4, -0.2) is 19.5 Å². The molecule has 0 saturated carbocycles. The van der Waals surface area contributed by atoms with Crippen molar-refractivity contribution in [1.29, 1.82) is 0 Å². The van der Waals surface area contributed by atoms with E-state index in [9.17, 15) is 8.42 Å². The highest BCUT2D eigenvalue weighted by atomic mass is 79.9. The molecule has 0 N–H and O–H groups in total. The first kappa shape index (κ1) is 18.0. The molecule has 0 aliphatic rings. The fourth-order valence-corrected chi connectivity index (χ4v) is 5.88. The number of alkyl halides is 1. The Morgan fingerprint density at radius 2 is 1.80 bits per heavy atom. The highest BCUT2D eigenvalue weighted by Crippen LogP contribution is 2.35. The van der Waals surface area contributed by atoms with Crippen LogP contribution in [0.4, 0.5) is 0 Å². The van der Waals surface area contributed by atoms with Crippen LogP contribution in [-0.2, 0) is 9.84 Å². The number of sulfone groups is 1. The van der Waals surface area contributed by atoms with E-state index in [-0.39, 0.29) is 11.2 Å². The van der Waals surface area contributed by atoms with Crippen LogP contribution in [0.3, 0.4) is 0 Å². The summed E-state index contributed by atoms with van der Waals surface area (Å²) >= 11 is 9.43. The zero-order valence-electron chi connectivity index (χ0n) is 12.0. The van der Waals surface area contributed by atoms with Crippen molar-refractivity contribution < 1.29 is 8.42 Å². The van der Waals surface area contributed by atoms with Crippen molar-refractivity contribution in [3.8, 4) is 0 Å². The molecule has 1 aromatic carbocycles. The van der Waals surface area contributed by atoms with Gasteiger partial charge in [-0.1, -0.05) is 60.3 Å². The van der Waals surface area contributed by atoms with Gasteiger partial charge in [-0.05, 0) is 36.5 Å². The summed E-state index contributed by atoms with van der Waals surface area (Å²) in [6, 6.07) is 6.53. The quantitative estimate of drug-likeness (QED) is 0.587. The molecule has 20 heavy (non-hydrogen) atoms. The first-order valence-corrected chi connectivity index (χ1v) is 10.1. The molecule has 0 unspecified atom stereocenters. The zero-order chi connectivity index (χ0) is 15.2. The van der Waals surface area contributed by atoms with E-state index in [1.165, 1.54) is 6.07 Å². The van der Waals surface area contributed by atoms with Crippen molar-refractivity contribution in [1.82, 2.24) is 0 Å². The maximum absolute atomic E-state index is 12.6. The molecule has 0 fully saturated rings. The predicted octanol–water partition coefficient (Wildman–Crippen LogP) is 5.10. The number of hydrogen-bond acceptors (Lipinski definition) is 2. The number of benzene rings is 1. The molecule has 0 saturated heterocycles. The van der Waals surface area contributed by atoms with Gasteiger partial charge in [0.25, 0.3) is 0 Å². The van der Waals surface area contributed by atoms with Crippen LogP contribution in [0.2, 0.25) is 5.02 Å². The molecule has 0 aliphatic carbocycles. The average molecular weight is 382 g/mol. The van der Waals surface area contributed by atoms with Crippen LogP contribution in [0.1, 0.15) is 39.5 Å². The van der Waals surface area contributed by atoms with Crippen LogP contribution in [0.15, 0.2) is 29.2 Å². The normalized spacial score (nSPS) is 12.6. The second kappa shape index (κ2) is 7.81. The lowest BCUT2D eigenvalue weighted by atomic mass is 9.83. The van der Waals surface area contributed by atoms with E-state index < -0.39 is 9.84 Å². The van der Waals surface area contributed by atoms with Crippen LogP contribution in [0, 0.1) is 5.41 Å². The molecule has 0 aromatic heterocycles. The summed E-state index contributed by atoms with van der Waals surface area (Å²) < 4.78 is 25.3. The van der Waals surface area contributed by atoms with E-state index in [0.717, 1.165) is 25.7 Å². The lowest BCUT2D eigenvalue weighted by Gasteiger charge is -2.31. The van der Waals surface area contributed by atoms with Gasteiger partial charge < -0.3 is 0 Å². The molecule has 0 spiro atoms. The second-order valence-electron chi connectivity index (χ2n) is 5.35. The van der Waals surface area contributed by atoms with Crippen LogP contribution in [0.5, 0.6) is 0 Å².